The van der Waals surface area contributed by atoms with E-state index in [1.54, 1.807) is 18.2 Å². The summed E-state index contributed by atoms with van der Waals surface area (Å²) in [5, 5.41) is 7.31. The normalized spacial score (nSPS) is 20.7. The van der Waals surface area contributed by atoms with Crippen LogP contribution in [0.15, 0.2) is 24.3 Å². The molecule has 0 spiro atoms. The van der Waals surface area contributed by atoms with Crippen LogP contribution in [0, 0.1) is 5.82 Å². The average molecular weight is 329 g/mol. The zero-order valence-corrected chi connectivity index (χ0v) is 13.4. The quantitative estimate of drug-likeness (QED) is 0.921. The molecule has 2 aliphatic rings. The van der Waals surface area contributed by atoms with Gasteiger partial charge in [-0.25, -0.2) is 4.39 Å². The van der Waals surface area contributed by atoms with Crippen LogP contribution >= 0.6 is 0 Å². The molecule has 1 aromatic heterocycles. The summed E-state index contributed by atoms with van der Waals surface area (Å²) in [6.07, 6.45) is 3.21. The fourth-order valence-corrected chi connectivity index (χ4v) is 3.50. The second kappa shape index (κ2) is 6.36. The van der Waals surface area contributed by atoms with Crippen LogP contribution < -0.4 is 0 Å². The number of carbonyl (C=O) groups is 1. The monoisotopic (exact) mass is 329 g/mol. The summed E-state index contributed by atoms with van der Waals surface area (Å²) < 4.78 is 19.7. The fourth-order valence-electron chi connectivity index (χ4n) is 3.50. The predicted molar refractivity (Wildman–Crippen MR) is 86.7 cm³/mol. The van der Waals surface area contributed by atoms with E-state index >= 15 is 0 Å². The molecule has 0 radical (unpaired) electrons. The molecule has 1 aromatic carbocycles. The van der Waals surface area contributed by atoms with E-state index in [9.17, 15) is 9.18 Å². The van der Waals surface area contributed by atoms with E-state index in [1.165, 1.54) is 6.07 Å². The van der Waals surface area contributed by atoms with E-state index in [4.69, 9.17) is 4.74 Å². The van der Waals surface area contributed by atoms with Crippen molar-refractivity contribution in [3.8, 4) is 11.3 Å². The van der Waals surface area contributed by atoms with Gasteiger partial charge in [0.15, 0.2) is 0 Å². The molecule has 6 heteroatoms. The number of amides is 1. The van der Waals surface area contributed by atoms with Crippen LogP contribution in [0.5, 0.6) is 0 Å². The van der Waals surface area contributed by atoms with Crippen LogP contribution in [0.3, 0.4) is 0 Å². The predicted octanol–water partition coefficient (Wildman–Crippen LogP) is 2.67. The summed E-state index contributed by atoms with van der Waals surface area (Å²) in [4.78, 5) is 14.5. The molecule has 0 bridgehead atoms. The first-order chi connectivity index (χ1) is 11.7. The maximum absolute atomic E-state index is 14.1. The Hall–Kier alpha value is -2.21. The van der Waals surface area contributed by atoms with Gasteiger partial charge in [-0.1, -0.05) is 12.1 Å². The largest absolute Gasteiger partial charge is 0.368 e. The highest BCUT2D eigenvalue weighted by molar-refractivity contribution is 5.81. The van der Waals surface area contributed by atoms with Crippen LogP contribution in [-0.4, -0.2) is 40.3 Å². The van der Waals surface area contributed by atoms with Crippen LogP contribution in [0.4, 0.5) is 4.39 Å². The molecule has 1 amide bonds. The Kier molecular flexibility index (Phi) is 4.06. The van der Waals surface area contributed by atoms with Crippen molar-refractivity contribution in [3.63, 3.8) is 0 Å². The summed E-state index contributed by atoms with van der Waals surface area (Å²) in [6.45, 7) is 1.75. The van der Waals surface area contributed by atoms with Gasteiger partial charge in [0.05, 0.1) is 0 Å². The van der Waals surface area contributed by atoms with Gasteiger partial charge in [-0.05, 0) is 31.4 Å². The number of fused-ring (bicyclic) bond motifs is 1. The first-order valence-corrected chi connectivity index (χ1v) is 8.45. The molecular formula is C18H20FN3O2. The van der Waals surface area contributed by atoms with Crippen molar-refractivity contribution in [1.82, 2.24) is 15.1 Å². The molecule has 126 valence electrons. The van der Waals surface area contributed by atoms with E-state index in [2.05, 4.69) is 10.2 Å². The van der Waals surface area contributed by atoms with E-state index in [1.807, 2.05) is 4.90 Å². The third kappa shape index (κ3) is 2.71. The molecule has 3 heterocycles. The number of H-pyrrole nitrogens is 1. The van der Waals surface area contributed by atoms with Crippen LogP contribution in [0.1, 0.15) is 30.5 Å². The highest BCUT2D eigenvalue weighted by Crippen LogP contribution is 2.30. The molecular weight excluding hydrogens is 309 g/mol. The minimum Gasteiger partial charge on any atom is -0.368 e. The van der Waals surface area contributed by atoms with E-state index in [0.717, 1.165) is 30.5 Å². The number of hydrogen-bond acceptors (Lipinski definition) is 3. The maximum Gasteiger partial charge on any atom is 0.252 e. The number of aromatic nitrogens is 2. The van der Waals surface area contributed by atoms with E-state index < -0.39 is 0 Å². The summed E-state index contributed by atoms with van der Waals surface area (Å²) in [5.41, 5.74) is 2.97. The van der Waals surface area contributed by atoms with Crippen molar-refractivity contribution in [2.75, 3.05) is 13.2 Å². The number of nitrogens with one attached hydrogen (secondary N) is 1. The van der Waals surface area contributed by atoms with Crippen LogP contribution in [0.2, 0.25) is 0 Å². The molecule has 2 aromatic rings. The summed E-state index contributed by atoms with van der Waals surface area (Å²) >= 11 is 0. The van der Waals surface area contributed by atoms with Gasteiger partial charge in [0.25, 0.3) is 5.91 Å². The summed E-state index contributed by atoms with van der Waals surface area (Å²) in [6, 6.07) is 6.60. The lowest BCUT2D eigenvalue weighted by Crippen LogP contribution is -2.44. The molecule has 0 aliphatic carbocycles. The Morgan fingerprint density at radius 1 is 1.33 bits per heavy atom. The van der Waals surface area contributed by atoms with Crippen molar-refractivity contribution < 1.29 is 13.9 Å². The van der Waals surface area contributed by atoms with Gasteiger partial charge >= 0.3 is 0 Å². The Morgan fingerprint density at radius 3 is 3.00 bits per heavy atom. The van der Waals surface area contributed by atoms with E-state index in [0.29, 0.717) is 37.4 Å². The molecule has 1 fully saturated rings. The molecule has 5 nitrogen and oxygen atoms in total. The van der Waals surface area contributed by atoms with Gasteiger partial charge in [-0.2, -0.15) is 5.10 Å². The minimum atomic E-state index is -0.330. The van der Waals surface area contributed by atoms with Crippen molar-refractivity contribution in [3.05, 3.63) is 41.3 Å². The van der Waals surface area contributed by atoms with Crippen molar-refractivity contribution in [1.29, 1.82) is 0 Å². The van der Waals surface area contributed by atoms with Crippen LogP contribution in [0.25, 0.3) is 11.3 Å². The number of halogens is 1. The number of aromatic amines is 1. The van der Waals surface area contributed by atoms with Gasteiger partial charge < -0.3 is 9.64 Å². The molecule has 4 rings (SSSR count). The lowest BCUT2D eigenvalue weighted by molar-refractivity contribution is -0.147. The molecule has 24 heavy (non-hydrogen) atoms. The fraction of sp³-hybridized carbons (Fsp3) is 0.444. The molecule has 2 aliphatic heterocycles. The first-order valence-electron chi connectivity index (χ1n) is 8.45. The Morgan fingerprint density at radius 2 is 2.21 bits per heavy atom. The third-order valence-electron chi connectivity index (χ3n) is 4.83. The summed E-state index contributed by atoms with van der Waals surface area (Å²) in [7, 11) is 0. The van der Waals surface area contributed by atoms with Crippen LogP contribution in [-0.2, 0) is 22.5 Å². The Balaban J connectivity index is 1.59. The SMILES string of the molecule is O=C(C1CCCCO1)N1CCc2[nH]nc(-c3ccccc3F)c2C1. The topological polar surface area (TPSA) is 58.2 Å². The number of carbonyl (C=O) groups excluding carboxylic acids is 1. The van der Waals surface area contributed by atoms with E-state index in [-0.39, 0.29) is 17.8 Å². The number of ether oxygens (including phenoxy) is 1. The Labute approximate surface area is 139 Å². The average Bonchev–Trinajstić information content (AvgIpc) is 3.05. The standard InChI is InChI=1S/C18H20FN3O2/c19-14-6-2-1-5-12(14)17-13-11-22(9-8-15(13)20-21-17)18(23)16-7-3-4-10-24-16/h1-2,5-6,16H,3-4,7-11H2,(H,20,21). The second-order valence-corrected chi connectivity index (χ2v) is 6.37. The lowest BCUT2D eigenvalue weighted by Gasteiger charge is -2.32. The number of benzene rings is 1. The highest BCUT2D eigenvalue weighted by Gasteiger charge is 2.31. The molecule has 1 unspecified atom stereocenters. The number of nitrogens with zero attached hydrogens (tertiary/aromatic N) is 2. The highest BCUT2D eigenvalue weighted by atomic mass is 19.1. The molecule has 1 saturated heterocycles. The van der Waals surface area contributed by atoms with Gasteiger partial charge in [0.1, 0.15) is 17.6 Å². The lowest BCUT2D eigenvalue weighted by atomic mass is 9.99. The third-order valence-corrected chi connectivity index (χ3v) is 4.83. The van der Waals surface area contributed by atoms with Crippen molar-refractivity contribution >= 4 is 5.91 Å². The first kappa shape index (κ1) is 15.3. The smallest absolute Gasteiger partial charge is 0.252 e. The van der Waals surface area contributed by atoms with Crippen molar-refractivity contribution in [2.24, 2.45) is 0 Å². The Bertz CT molecular complexity index is 752. The minimum absolute atomic E-state index is 0.0426. The summed E-state index contributed by atoms with van der Waals surface area (Å²) in [5.74, 6) is -0.258. The zero-order valence-electron chi connectivity index (χ0n) is 13.4. The van der Waals surface area contributed by atoms with Crippen molar-refractivity contribution in [2.45, 2.75) is 38.3 Å². The van der Waals surface area contributed by atoms with Gasteiger partial charge in [-0.15, -0.1) is 0 Å². The maximum atomic E-state index is 14.1. The molecule has 1 atom stereocenters. The molecule has 0 saturated carbocycles. The number of rotatable bonds is 2. The number of hydrogen-bond donors (Lipinski definition) is 1. The zero-order chi connectivity index (χ0) is 16.5. The van der Waals surface area contributed by atoms with Gasteiger partial charge in [0, 0.05) is 42.9 Å². The molecule has 1 N–H and O–H groups in total. The second-order valence-electron chi connectivity index (χ2n) is 6.37. The van der Waals surface area contributed by atoms with Gasteiger partial charge in [-0.3, -0.25) is 9.89 Å². The van der Waals surface area contributed by atoms with Gasteiger partial charge in [0.2, 0.25) is 0 Å².